The molecule has 0 unspecified atom stereocenters. The maximum absolute atomic E-state index is 15.2. The molecule has 0 fully saturated rings. The van der Waals surface area contributed by atoms with Crippen LogP contribution in [-0.4, -0.2) is 25.4 Å². The Morgan fingerprint density at radius 1 is 1.22 bits per heavy atom. The molecule has 2 heterocycles. The molecule has 2 aromatic heterocycles. The summed E-state index contributed by atoms with van der Waals surface area (Å²) in [6.45, 7) is 4.56. The summed E-state index contributed by atoms with van der Waals surface area (Å²) < 4.78 is 58.8. The average Bonchev–Trinajstić information content (AvgIpc) is 3.36. The van der Waals surface area contributed by atoms with Crippen molar-refractivity contribution >= 4 is 40.2 Å². The van der Waals surface area contributed by atoms with E-state index in [1.165, 1.54) is 30.0 Å². The van der Waals surface area contributed by atoms with E-state index in [0.29, 0.717) is 33.8 Å². The highest BCUT2D eigenvalue weighted by molar-refractivity contribution is 7.98. The van der Waals surface area contributed by atoms with Crippen LogP contribution in [0.4, 0.5) is 17.6 Å². The van der Waals surface area contributed by atoms with Crippen LogP contribution < -0.4 is 0 Å². The summed E-state index contributed by atoms with van der Waals surface area (Å²) in [5.41, 5.74) is 1.22. The number of aliphatic carboxylic acids is 1. The Bertz CT molecular complexity index is 1450. The van der Waals surface area contributed by atoms with Gasteiger partial charge >= 0.3 is 12.1 Å². The summed E-state index contributed by atoms with van der Waals surface area (Å²) in [7, 11) is 0. The average molecular weight is 540 g/mol. The topological polar surface area (TPSA) is 60.0 Å². The summed E-state index contributed by atoms with van der Waals surface area (Å²) in [6, 6.07) is 6.67. The van der Waals surface area contributed by atoms with Gasteiger partial charge in [-0.1, -0.05) is 24.6 Å². The van der Waals surface area contributed by atoms with Crippen LogP contribution in [0.3, 0.4) is 0 Å². The van der Waals surface area contributed by atoms with Gasteiger partial charge in [-0.2, -0.15) is 18.3 Å². The molecule has 36 heavy (non-hydrogen) atoms. The Kier molecular flexibility index (Phi) is 7.38. The quantitative estimate of drug-likeness (QED) is 0.189. The molecule has 0 aliphatic carbocycles. The first-order chi connectivity index (χ1) is 17.0. The molecule has 0 saturated heterocycles. The number of thioether (sulfide) groups is 1. The minimum absolute atomic E-state index is 0.0255. The zero-order valence-corrected chi connectivity index (χ0v) is 20.9. The van der Waals surface area contributed by atoms with Gasteiger partial charge in [-0.15, -0.1) is 11.8 Å². The van der Waals surface area contributed by atoms with Gasteiger partial charge in [0.15, 0.2) is 5.82 Å². The standard InChI is InChI=1S/C25H22ClF4N3O2S/c1-3-8-32-12-16(11-31-32)33-14(2)19(18-5-7-21(26)23(27)24(18)33)13-36-17-4-6-20(25(28,29)30)15(9-17)10-22(34)35/h4-7,9,11-12H,3,8,10,13H2,1-2H3,(H,34,35). The third-order valence-corrected chi connectivity index (χ3v) is 7.14. The second-order valence-electron chi connectivity index (χ2n) is 8.29. The molecule has 0 spiro atoms. The second-order valence-corrected chi connectivity index (χ2v) is 9.75. The first kappa shape index (κ1) is 26.1. The highest BCUT2D eigenvalue weighted by Crippen LogP contribution is 2.39. The number of rotatable bonds is 8. The fraction of sp³-hybridized carbons (Fsp3) is 0.280. The predicted molar refractivity (Wildman–Crippen MR) is 131 cm³/mol. The number of fused-ring (bicyclic) bond motifs is 1. The molecule has 0 atom stereocenters. The van der Waals surface area contributed by atoms with Crippen LogP contribution in [0, 0.1) is 12.7 Å². The van der Waals surface area contributed by atoms with Crippen molar-refractivity contribution in [3.63, 3.8) is 0 Å². The second kappa shape index (κ2) is 10.2. The summed E-state index contributed by atoms with van der Waals surface area (Å²) in [6.07, 6.45) is -1.05. The lowest BCUT2D eigenvalue weighted by atomic mass is 10.0. The van der Waals surface area contributed by atoms with Crippen LogP contribution >= 0.6 is 23.4 Å². The monoisotopic (exact) mass is 539 g/mol. The van der Waals surface area contributed by atoms with Gasteiger partial charge in [0.25, 0.3) is 0 Å². The lowest BCUT2D eigenvalue weighted by molar-refractivity contribution is -0.139. The van der Waals surface area contributed by atoms with Crippen molar-refractivity contribution in [1.82, 2.24) is 14.3 Å². The van der Waals surface area contributed by atoms with Crippen molar-refractivity contribution in [3.8, 4) is 5.69 Å². The molecule has 0 aliphatic rings. The van der Waals surface area contributed by atoms with Gasteiger partial charge in [-0.05, 0) is 48.7 Å². The first-order valence-corrected chi connectivity index (χ1v) is 12.4. The van der Waals surface area contributed by atoms with Gasteiger partial charge in [0.05, 0.1) is 34.4 Å². The number of aryl methyl sites for hydroxylation is 1. The lowest BCUT2D eigenvalue weighted by Gasteiger charge is -2.13. The molecule has 0 radical (unpaired) electrons. The molecule has 0 aliphatic heterocycles. The van der Waals surface area contributed by atoms with E-state index < -0.39 is 29.9 Å². The smallest absolute Gasteiger partial charge is 0.416 e. The van der Waals surface area contributed by atoms with Crippen molar-refractivity contribution in [1.29, 1.82) is 0 Å². The zero-order chi connectivity index (χ0) is 26.2. The van der Waals surface area contributed by atoms with E-state index in [0.717, 1.165) is 23.7 Å². The number of halogens is 5. The highest BCUT2D eigenvalue weighted by Gasteiger charge is 2.33. The lowest BCUT2D eigenvalue weighted by Crippen LogP contribution is -2.12. The molecule has 190 valence electrons. The minimum atomic E-state index is -4.66. The molecule has 4 aromatic rings. The number of hydrogen-bond acceptors (Lipinski definition) is 3. The van der Waals surface area contributed by atoms with E-state index in [4.69, 9.17) is 16.7 Å². The molecule has 4 rings (SSSR count). The van der Waals surface area contributed by atoms with Crippen LogP contribution in [0.15, 0.2) is 47.6 Å². The number of alkyl halides is 3. The maximum Gasteiger partial charge on any atom is 0.416 e. The highest BCUT2D eigenvalue weighted by atomic mass is 35.5. The fourth-order valence-electron chi connectivity index (χ4n) is 4.23. The van der Waals surface area contributed by atoms with Gasteiger partial charge in [-0.25, -0.2) is 4.39 Å². The first-order valence-electron chi connectivity index (χ1n) is 11.1. The van der Waals surface area contributed by atoms with E-state index in [-0.39, 0.29) is 10.6 Å². The Morgan fingerprint density at radius 3 is 2.64 bits per heavy atom. The molecular formula is C25H22ClF4N3O2S. The molecule has 5 nitrogen and oxygen atoms in total. The van der Waals surface area contributed by atoms with Crippen molar-refractivity contribution < 1.29 is 27.5 Å². The molecule has 0 bridgehead atoms. The SMILES string of the molecule is CCCn1cc(-n2c(C)c(CSc3ccc(C(F)(F)F)c(CC(=O)O)c3)c3ccc(Cl)c(F)c32)cn1. The van der Waals surface area contributed by atoms with Crippen molar-refractivity contribution in [3.05, 3.63) is 75.9 Å². The van der Waals surface area contributed by atoms with E-state index in [9.17, 15) is 18.0 Å². The Balaban J connectivity index is 1.75. The molecule has 2 aromatic carbocycles. The molecule has 0 saturated carbocycles. The van der Waals surface area contributed by atoms with Gasteiger partial charge in [0.1, 0.15) is 0 Å². The molecule has 1 N–H and O–H groups in total. The van der Waals surface area contributed by atoms with Crippen LogP contribution in [0.2, 0.25) is 5.02 Å². The summed E-state index contributed by atoms with van der Waals surface area (Å²) in [5.74, 6) is -1.61. The number of carboxylic acid groups (broad SMARTS) is 1. The fourth-order valence-corrected chi connectivity index (χ4v) is 5.44. The molecular weight excluding hydrogens is 518 g/mol. The van der Waals surface area contributed by atoms with Gasteiger partial charge in [-0.3, -0.25) is 9.48 Å². The molecule has 0 amide bonds. The van der Waals surface area contributed by atoms with E-state index in [1.807, 2.05) is 20.0 Å². The number of benzene rings is 2. The number of carbonyl (C=O) groups is 1. The summed E-state index contributed by atoms with van der Waals surface area (Å²) in [4.78, 5) is 11.6. The Hall–Kier alpha value is -2.98. The van der Waals surface area contributed by atoms with Gasteiger partial charge in [0, 0.05) is 34.5 Å². The van der Waals surface area contributed by atoms with E-state index in [2.05, 4.69) is 5.10 Å². The largest absolute Gasteiger partial charge is 0.481 e. The number of nitrogens with zero attached hydrogens (tertiary/aromatic N) is 3. The normalized spacial score (nSPS) is 12.0. The van der Waals surface area contributed by atoms with Crippen molar-refractivity contribution in [2.24, 2.45) is 0 Å². The van der Waals surface area contributed by atoms with E-state index >= 15 is 4.39 Å². The van der Waals surface area contributed by atoms with Gasteiger partial charge in [0.2, 0.25) is 0 Å². The minimum Gasteiger partial charge on any atom is -0.481 e. The number of carboxylic acids is 1. The van der Waals surface area contributed by atoms with Crippen molar-refractivity contribution in [2.45, 2.75) is 50.1 Å². The summed E-state index contributed by atoms with van der Waals surface area (Å²) >= 11 is 7.34. The van der Waals surface area contributed by atoms with Crippen LogP contribution in [0.25, 0.3) is 16.6 Å². The van der Waals surface area contributed by atoms with Crippen LogP contribution in [0.5, 0.6) is 0 Å². The maximum atomic E-state index is 15.2. The Labute approximate surface area is 213 Å². The van der Waals surface area contributed by atoms with Crippen molar-refractivity contribution in [2.75, 3.05) is 0 Å². The zero-order valence-electron chi connectivity index (χ0n) is 19.4. The number of hydrogen-bond donors (Lipinski definition) is 1. The molecule has 11 heteroatoms. The van der Waals surface area contributed by atoms with Crippen LogP contribution in [0.1, 0.15) is 35.7 Å². The van der Waals surface area contributed by atoms with Crippen LogP contribution in [-0.2, 0) is 29.7 Å². The van der Waals surface area contributed by atoms with Gasteiger partial charge < -0.3 is 9.67 Å². The predicted octanol–water partition coefficient (Wildman–Crippen LogP) is 7.28. The third-order valence-electron chi connectivity index (χ3n) is 5.83. The number of aromatic nitrogens is 3. The van der Waals surface area contributed by atoms with E-state index in [1.54, 1.807) is 21.5 Å². The summed E-state index contributed by atoms with van der Waals surface area (Å²) in [5, 5.41) is 14.0. The Morgan fingerprint density at radius 2 is 1.97 bits per heavy atom. The third kappa shape index (κ3) is 5.10.